The van der Waals surface area contributed by atoms with Gasteiger partial charge in [0.1, 0.15) is 24.1 Å². The van der Waals surface area contributed by atoms with Crippen LogP contribution in [0.2, 0.25) is 0 Å². The van der Waals surface area contributed by atoms with Gasteiger partial charge in [0, 0.05) is 38.2 Å². The fourth-order valence-electron chi connectivity index (χ4n) is 7.39. The third-order valence-corrected chi connectivity index (χ3v) is 9.34. The Kier molecular flexibility index (Phi) is 12.2. The number of amides is 1. The molecule has 2 aliphatic carbocycles. The van der Waals surface area contributed by atoms with Crippen molar-refractivity contribution in [2.24, 2.45) is 28.3 Å². The smallest absolute Gasteiger partial charge is 0.410 e. The minimum Gasteiger partial charge on any atom is -0.508 e. The predicted molar refractivity (Wildman–Crippen MR) is 177 cm³/mol. The molecule has 1 aromatic rings. The maximum Gasteiger partial charge on any atom is 0.410 e. The molecule has 256 valence electrons. The number of likely N-dealkylation sites (N-methyl/N-ethyl adjacent to an activating group) is 1. The Labute approximate surface area is 274 Å². The van der Waals surface area contributed by atoms with Crippen molar-refractivity contribution in [1.82, 2.24) is 4.90 Å². The van der Waals surface area contributed by atoms with Crippen LogP contribution >= 0.6 is 0 Å². The van der Waals surface area contributed by atoms with Crippen molar-refractivity contribution in [1.29, 1.82) is 0 Å². The molecule has 0 bridgehead atoms. The van der Waals surface area contributed by atoms with Gasteiger partial charge in [-0.05, 0) is 73.6 Å². The Hall–Kier alpha value is -3.08. The number of benzene rings is 1. The van der Waals surface area contributed by atoms with Crippen LogP contribution in [0.3, 0.4) is 0 Å². The molecule has 1 aliphatic heterocycles. The van der Waals surface area contributed by atoms with Gasteiger partial charge in [0.2, 0.25) is 5.79 Å². The van der Waals surface area contributed by atoms with E-state index in [1.807, 2.05) is 27.7 Å². The van der Waals surface area contributed by atoms with Gasteiger partial charge in [-0.15, -0.1) is 6.58 Å². The van der Waals surface area contributed by atoms with Crippen LogP contribution in [0.25, 0.3) is 0 Å². The molecule has 0 aromatic heterocycles. The highest BCUT2D eigenvalue weighted by atomic mass is 16.7. The monoisotopic (exact) mass is 642 g/mol. The van der Waals surface area contributed by atoms with Crippen molar-refractivity contribution in [2.45, 2.75) is 90.4 Å². The van der Waals surface area contributed by atoms with E-state index in [0.717, 1.165) is 42.5 Å². The van der Waals surface area contributed by atoms with Crippen LogP contribution in [0.15, 0.2) is 47.7 Å². The highest BCUT2D eigenvalue weighted by molar-refractivity contribution is 6.02. The summed E-state index contributed by atoms with van der Waals surface area (Å²) >= 11 is 0. The topological polar surface area (TPSA) is 130 Å². The van der Waals surface area contributed by atoms with Crippen LogP contribution in [0.5, 0.6) is 11.5 Å². The molecule has 6 atom stereocenters. The normalized spacial score (nSPS) is 27.6. The lowest BCUT2D eigenvalue weighted by Gasteiger charge is -2.59. The molecule has 3 aliphatic rings. The molecule has 1 fully saturated rings. The maximum absolute atomic E-state index is 13.7. The number of carbonyl (C=O) groups is 1. The van der Waals surface area contributed by atoms with Crippen LogP contribution < -0.4 is 4.74 Å². The summed E-state index contributed by atoms with van der Waals surface area (Å²) < 4.78 is 19.5. The summed E-state index contributed by atoms with van der Waals surface area (Å²) in [6, 6.07) is 4.53. The van der Waals surface area contributed by atoms with Crippen LogP contribution in [-0.2, 0) is 14.3 Å². The molecule has 3 N–H and O–H groups in total. The van der Waals surface area contributed by atoms with Gasteiger partial charge in [0.05, 0.1) is 24.8 Å². The van der Waals surface area contributed by atoms with E-state index in [4.69, 9.17) is 19.0 Å². The molecule has 10 heteroatoms. The van der Waals surface area contributed by atoms with Gasteiger partial charge in [0.25, 0.3) is 0 Å². The number of phenolic OH excluding ortho intramolecular Hbond substituents is 1. The van der Waals surface area contributed by atoms with Gasteiger partial charge >= 0.3 is 6.09 Å². The molecule has 46 heavy (non-hydrogen) atoms. The Bertz CT molecular complexity index is 1260. The maximum atomic E-state index is 13.7. The minimum atomic E-state index is -1.33. The molecule has 6 unspecified atom stereocenters. The molecule has 0 spiro atoms. The van der Waals surface area contributed by atoms with Crippen LogP contribution in [0, 0.1) is 23.2 Å². The van der Waals surface area contributed by atoms with Crippen molar-refractivity contribution in [2.75, 3.05) is 40.1 Å². The van der Waals surface area contributed by atoms with Crippen molar-refractivity contribution in [3.63, 3.8) is 0 Å². The SMILES string of the molecule is C=CCOC12Oc3ccc(O)cc3C3C(CCCCO)C(CCCCO)C=C(C(=NOCC)CC1N(C)C(=O)OCC(C)(C)C)C32. The van der Waals surface area contributed by atoms with Gasteiger partial charge in [-0.1, -0.05) is 50.9 Å². The number of unbranched alkanes of at least 4 members (excludes halogenated alkanes) is 2. The minimum absolute atomic E-state index is 0.0976. The van der Waals surface area contributed by atoms with E-state index in [-0.39, 0.29) is 55.3 Å². The lowest BCUT2D eigenvalue weighted by molar-refractivity contribution is -0.253. The number of carbonyl (C=O) groups excluding carboxylic acids is 1. The van der Waals surface area contributed by atoms with E-state index in [1.165, 1.54) is 0 Å². The lowest BCUT2D eigenvalue weighted by atomic mass is 9.55. The van der Waals surface area contributed by atoms with E-state index in [2.05, 4.69) is 17.8 Å². The quantitative estimate of drug-likeness (QED) is 0.118. The van der Waals surface area contributed by atoms with Gasteiger partial charge in [-0.3, -0.25) is 0 Å². The van der Waals surface area contributed by atoms with E-state index >= 15 is 0 Å². The number of ether oxygens (including phenoxy) is 3. The zero-order valence-corrected chi connectivity index (χ0v) is 28.2. The van der Waals surface area contributed by atoms with E-state index < -0.39 is 23.8 Å². The number of aliphatic hydroxyl groups excluding tert-OH is 2. The first-order valence-corrected chi connectivity index (χ1v) is 16.8. The summed E-state index contributed by atoms with van der Waals surface area (Å²) in [6.07, 6.45) is 8.52. The Balaban J connectivity index is 1.95. The fraction of sp³-hybridized carbons (Fsp3) is 0.667. The van der Waals surface area contributed by atoms with Gasteiger partial charge in [0.15, 0.2) is 0 Å². The second-order valence-corrected chi connectivity index (χ2v) is 13.9. The average Bonchev–Trinajstić information content (AvgIpc) is 3.02. The van der Waals surface area contributed by atoms with Gasteiger partial charge in [-0.2, -0.15) is 0 Å². The number of phenols is 1. The number of hydrogen-bond acceptors (Lipinski definition) is 9. The van der Waals surface area contributed by atoms with Crippen molar-refractivity contribution >= 4 is 11.8 Å². The Morgan fingerprint density at radius 3 is 2.54 bits per heavy atom. The molecular formula is C36H54N2O8. The second kappa shape index (κ2) is 15.7. The molecule has 1 heterocycles. The van der Waals surface area contributed by atoms with Crippen LogP contribution in [0.1, 0.15) is 84.1 Å². The zero-order valence-electron chi connectivity index (χ0n) is 28.2. The van der Waals surface area contributed by atoms with E-state index in [1.54, 1.807) is 36.2 Å². The Morgan fingerprint density at radius 2 is 1.89 bits per heavy atom. The number of allylic oxidation sites excluding steroid dienone is 1. The molecule has 0 radical (unpaired) electrons. The fourth-order valence-corrected chi connectivity index (χ4v) is 7.39. The van der Waals surface area contributed by atoms with Crippen LogP contribution in [0.4, 0.5) is 4.79 Å². The number of hydrogen-bond donors (Lipinski definition) is 3. The second-order valence-electron chi connectivity index (χ2n) is 13.9. The predicted octanol–water partition coefficient (Wildman–Crippen LogP) is 6.16. The highest BCUT2D eigenvalue weighted by Gasteiger charge is 2.65. The number of aromatic hydroxyl groups is 1. The average molecular weight is 643 g/mol. The summed E-state index contributed by atoms with van der Waals surface area (Å²) in [5.74, 6) is -0.955. The summed E-state index contributed by atoms with van der Waals surface area (Å²) in [5.41, 5.74) is 2.34. The summed E-state index contributed by atoms with van der Waals surface area (Å²) in [7, 11) is 1.71. The molecule has 1 aromatic carbocycles. The molecule has 10 nitrogen and oxygen atoms in total. The molecule has 1 saturated carbocycles. The van der Waals surface area contributed by atoms with Gasteiger partial charge in [-0.25, -0.2) is 4.79 Å². The summed E-state index contributed by atoms with van der Waals surface area (Å²) in [5, 5.41) is 34.7. The number of oxime groups is 1. The van der Waals surface area contributed by atoms with Crippen molar-refractivity contribution in [3.05, 3.63) is 48.1 Å². The molecule has 4 rings (SSSR count). The Morgan fingerprint density at radius 1 is 1.17 bits per heavy atom. The zero-order chi connectivity index (χ0) is 33.5. The van der Waals surface area contributed by atoms with E-state index in [9.17, 15) is 20.1 Å². The van der Waals surface area contributed by atoms with Crippen molar-refractivity contribution in [3.8, 4) is 11.5 Å². The van der Waals surface area contributed by atoms with E-state index in [0.29, 0.717) is 31.6 Å². The molecular weight excluding hydrogens is 588 g/mol. The number of rotatable bonds is 15. The molecule has 1 amide bonds. The standard InChI is InChI=1S/C36H54N2O8/c1-7-19-44-36-31(38(6)34(42)43-23-35(3,4)5)22-29(37-45-8-2)27-20-24(13-9-11-17-39)26(14-10-12-18-40)32(33(27)36)28-21-25(41)15-16-30(28)46-36/h7,15-16,20-21,24,26,31-33,39-41H,1,8-14,17-19,22-23H2,2-6H3. The summed E-state index contributed by atoms with van der Waals surface area (Å²) in [4.78, 5) is 20.9. The number of fused-ring (bicyclic) bond motifs is 2. The molecule has 0 saturated heterocycles. The number of aliphatic hydroxyl groups is 2. The van der Waals surface area contributed by atoms with Crippen molar-refractivity contribution < 1.29 is 39.2 Å². The highest BCUT2D eigenvalue weighted by Crippen LogP contribution is 2.61. The first kappa shape index (κ1) is 35.8. The largest absolute Gasteiger partial charge is 0.508 e. The first-order valence-electron chi connectivity index (χ1n) is 16.8. The third kappa shape index (κ3) is 7.72. The first-order chi connectivity index (χ1) is 22.0. The third-order valence-electron chi connectivity index (χ3n) is 9.34. The van der Waals surface area contributed by atoms with Crippen LogP contribution in [-0.4, -0.2) is 83.9 Å². The van der Waals surface area contributed by atoms with Gasteiger partial charge < -0.3 is 39.3 Å². The number of nitrogens with zero attached hydrogens (tertiary/aromatic N) is 2. The summed E-state index contributed by atoms with van der Waals surface area (Å²) in [6.45, 7) is 12.9. The lowest BCUT2D eigenvalue weighted by Crippen LogP contribution is -2.69.